The summed E-state index contributed by atoms with van der Waals surface area (Å²) in [6, 6.07) is 14.0. The van der Waals surface area contributed by atoms with E-state index in [2.05, 4.69) is 33.8 Å². The monoisotopic (exact) mass is 650 g/mol. The van der Waals surface area contributed by atoms with E-state index in [1.165, 1.54) is 43.3 Å². The van der Waals surface area contributed by atoms with Crippen LogP contribution in [0.5, 0.6) is 0 Å². The normalized spacial score (nSPS) is 36.8. The van der Waals surface area contributed by atoms with E-state index in [-0.39, 0.29) is 46.3 Å². The van der Waals surface area contributed by atoms with Gasteiger partial charge in [0.2, 0.25) is 0 Å². The Morgan fingerprint density at radius 3 is 2.17 bits per heavy atom. The second-order valence-corrected chi connectivity index (χ2v) is 16.5. The van der Waals surface area contributed by atoms with Crippen molar-refractivity contribution < 1.29 is 19.1 Å². The van der Waals surface area contributed by atoms with Crippen molar-refractivity contribution in [3.05, 3.63) is 83.5 Å². The summed E-state index contributed by atoms with van der Waals surface area (Å²) in [7, 11) is 0. The molecule has 0 heterocycles. The zero-order valence-electron chi connectivity index (χ0n) is 29.3. The Morgan fingerprint density at radius 2 is 1.52 bits per heavy atom. The molecule has 5 aliphatic carbocycles. The van der Waals surface area contributed by atoms with Gasteiger partial charge in [-0.05, 0) is 144 Å². The van der Waals surface area contributed by atoms with Gasteiger partial charge in [-0.1, -0.05) is 49.8 Å². The van der Waals surface area contributed by atoms with Gasteiger partial charge in [-0.25, -0.2) is 9.59 Å². The second kappa shape index (κ2) is 12.1. The topological polar surface area (TPSA) is 105 Å². The summed E-state index contributed by atoms with van der Waals surface area (Å²) in [5, 5.41) is 0. The number of fused-ring (bicyclic) bond motifs is 2. The number of nitrogen functional groups attached to an aromatic ring is 2. The summed E-state index contributed by atoms with van der Waals surface area (Å²) in [4.78, 5) is 27.0. The Kier molecular flexibility index (Phi) is 8.32. The third kappa shape index (κ3) is 5.11. The van der Waals surface area contributed by atoms with E-state index in [0.29, 0.717) is 52.6 Å². The fourth-order valence-electron chi connectivity index (χ4n) is 12.0. The molecule has 0 radical (unpaired) electrons. The van der Waals surface area contributed by atoms with Gasteiger partial charge in [0.05, 0.1) is 11.1 Å². The number of carbonyl (C=O) groups is 2. The number of nitrogens with two attached hydrogens (primary N) is 2. The molecule has 6 nitrogen and oxygen atoms in total. The molecule has 2 aromatic carbocycles. The van der Waals surface area contributed by atoms with Gasteiger partial charge in [0.25, 0.3) is 0 Å². The molecule has 0 bridgehead atoms. The Hall–Kier alpha value is -3.54. The van der Waals surface area contributed by atoms with Crippen LogP contribution in [0.4, 0.5) is 11.4 Å². The minimum Gasteiger partial charge on any atom is -0.459 e. The van der Waals surface area contributed by atoms with Crippen molar-refractivity contribution >= 4 is 23.3 Å². The lowest BCUT2D eigenvalue weighted by Gasteiger charge is -2.57. The van der Waals surface area contributed by atoms with E-state index < -0.39 is 0 Å². The van der Waals surface area contributed by atoms with E-state index in [1.54, 1.807) is 48.5 Å². The molecule has 256 valence electrons. The molecule has 0 aliphatic heterocycles. The zero-order chi connectivity index (χ0) is 34.0. The molecular formula is C42H54N2O4. The highest BCUT2D eigenvalue weighted by molar-refractivity contribution is 5.91. The SMILES string of the molecule is C=C1C23CCC(OC(=O)c4cccc(N)c4)CC2C(OC(=O)c2cccc(N)c2)CC2C4CCC(C(C)CCC=C(C)C)C4(C)CCC123. The lowest BCUT2D eigenvalue weighted by atomic mass is 9.48. The van der Waals surface area contributed by atoms with Crippen LogP contribution in [-0.4, -0.2) is 24.1 Å². The highest BCUT2D eigenvalue weighted by Gasteiger charge is 2.83. The number of esters is 2. The highest BCUT2D eigenvalue weighted by atomic mass is 16.6. The van der Waals surface area contributed by atoms with Crippen LogP contribution in [0.25, 0.3) is 0 Å². The first-order valence-electron chi connectivity index (χ1n) is 18.4. The minimum absolute atomic E-state index is 0.0585. The van der Waals surface area contributed by atoms with Crippen LogP contribution in [0.1, 0.15) is 113 Å². The molecule has 10 unspecified atom stereocenters. The quantitative estimate of drug-likeness (QED) is 0.168. The number of anilines is 2. The molecule has 0 aromatic heterocycles. The smallest absolute Gasteiger partial charge is 0.338 e. The molecule has 10 atom stereocenters. The van der Waals surface area contributed by atoms with Crippen molar-refractivity contribution in [3.8, 4) is 0 Å². The lowest BCUT2D eigenvalue weighted by molar-refractivity contribution is -0.132. The number of hydrogen-bond acceptors (Lipinski definition) is 6. The number of rotatable bonds is 8. The average Bonchev–Trinajstić information content (AvgIpc) is 3.35. The lowest BCUT2D eigenvalue weighted by Crippen LogP contribution is -2.54. The largest absolute Gasteiger partial charge is 0.459 e. The minimum atomic E-state index is -0.348. The standard InChI is InChI=1S/C42H54N2O4/c1-25(2)9-6-10-26(3)33-15-16-34-35-24-37(48-39(46)29-12-8-14-31(44)22-29)36-23-32(47-38(45)28-11-7-13-30(43)21-28)17-18-41(36)27(4)42(35,41)20-19-40(33,34)5/h7-9,11-14,21-22,26,32-37H,4,6,10,15-20,23-24,43-44H2,1-3,5H3. The molecule has 48 heavy (non-hydrogen) atoms. The number of ether oxygens (including phenoxy) is 2. The van der Waals surface area contributed by atoms with Gasteiger partial charge in [-0.3, -0.25) is 0 Å². The molecule has 5 fully saturated rings. The maximum Gasteiger partial charge on any atom is 0.338 e. The number of carbonyl (C=O) groups excluding carboxylic acids is 2. The maximum atomic E-state index is 13.8. The van der Waals surface area contributed by atoms with Gasteiger partial charge in [0, 0.05) is 28.1 Å². The Bertz CT molecular complexity index is 1640. The Morgan fingerprint density at radius 1 is 0.875 bits per heavy atom. The van der Waals surface area contributed by atoms with Gasteiger partial charge >= 0.3 is 11.9 Å². The van der Waals surface area contributed by atoms with E-state index >= 15 is 0 Å². The molecule has 0 saturated heterocycles. The zero-order valence-corrected chi connectivity index (χ0v) is 29.3. The summed E-state index contributed by atoms with van der Waals surface area (Å²) in [6.07, 6.45) is 12.4. The average molecular weight is 651 g/mol. The van der Waals surface area contributed by atoms with Crippen LogP contribution in [0, 0.1) is 45.8 Å². The van der Waals surface area contributed by atoms with Gasteiger partial charge in [0.15, 0.2) is 0 Å². The molecule has 2 spiro atoms. The van der Waals surface area contributed by atoms with Crippen LogP contribution >= 0.6 is 0 Å². The molecule has 0 amide bonds. The van der Waals surface area contributed by atoms with Crippen LogP contribution in [0.15, 0.2) is 72.3 Å². The van der Waals surface area contributed by atoms with Crippen molar-refractivity contribution in [2.75, 3.05) is 11.5 Å². The molecule has 6 heteroatoms. The number of allylic oxidation sites excluding steroid dienone is 3. The van der Waals surface area contributed by atoms with E-state index in [0.717, 1.165) is 25.7 Å². The molecule has 5 aliphatic rings. The van der Waals surface area contributed by atoms with E-state index in [1.807, 2.05) is 0 Å². The predicted octanol–water partition coefficient (Wildman–Crippen LogP) is 9.17. The number of benzene rings is 2. The Labute approximate surface area is 286 Å². The fourth-order valence-corrected chi connectivity index (χ4v) is 12.0. The third-order valence-corrected chi connectivity index (χ3v) is 14.1. The Balaban J connectivity index is 1.17. The first kappa shape index (κ1) is 33.0. The summed E-state index contributed by atoms with van der Waals surface area (Å²) in [5.74, 6) is 1.81. The first-order chi connectivity index (χ1) is 22.9. The van der Waals surface area contributed by atoms with E-state index in [9.17, 15) is 9.59 Å². The summed E-state index contributed by atoms with van der Waals surface area (Å²) >= 11 is 0. The molecule has 5 saturated carbocycles. The highest BCUT2D eigenvalue weighted by Crippen LogP contribution is 2.88. The molecule has 2 aromatic rings. The van der Waals surface area contributed by atoms with Crippen molar-refractivity contribution in [1.82, 2.24) is 0 Å². The molecular weight excluding hydrogens is 596 g/mol. The maximum absolute atomic E-state index is 13.8. The van der Waals surface area contributed by atoms with Crippen molar-refractivity contribution in [2.45, 2.75) is 104 Å². The van der Waals surface area contributed by atoms with Crippen molar-refractivity contribution in [3.63, 3.8) is 0 Å². The van der Waals surface area contributed by atoms with Crippen LogP contribution in [0.3, 0.4) is 0 Å². The summed E-state index contributed by atoms with van der Waals surface area (Å²) in [5.41, 5.74) is 17.1. The van der Waals surface area contributed by atoms with Gasteiger partial charge in [-0.15, -0.1) is 0 Å². The first-order valence-corrected chi connectivity index (χ1v) is 18.4. The molecule has 4 N–H and O–H groups in total. The van der Waals surface area contributed by atoms with E-state index in [4.69, 9.17) is 27.5 Å². The summed E-state index contributed by atoms with van der Waals surface area (Å²) in [6.45, 7) is 14.3. The third-order valence-electron chi connectivity index (χ3n) is 14.1. The second-order valence-electron chi connectivity index (χ2n) is 16.5. The van der Waals surface area contributed by atoms with Crippen LogP contribution in [-0.2, 0) is 9.47 Å². The summed E-state index contributed by atoms with van der Waals surface area (Å²) < 4.78 is 12.7. The fraction of sp³-hybridized carbons (Fsp3) is 0.571. The van der Waals surface area contributed by atoms with Gasteiger partial charge < -0.3 is 20.9 Å². The van der Waals surface area contributed by atoms with Gasteiger partial charge in [0.1, 0.15) is 12.2 Å². The number of hydrogen-bond donors (Lipinski definition) is 2. The molecule has 7 rings (SSSR count). The van der Waals surface area contributed by atoms with Crippen LogP contribution in [0.2, 0.25) is 0 Å². The van der Waals surface area contributed by atoms with Crippen molar-refractivity contribution in [1.29, 1.82) is 0 Å². The van der Waals surface area contributed by atoms with Crippen LogP contribution < -0.4 is 11.5 Å². The predicted molar refractivity (Wildman–Crippen MR) is 191 cm³/mol. The van der Waals surface area contributed by atoms with Gasteiger partial charge in [-0.2, -0.15) is 0 Å². The van der Waals surface area contributed by atoms with Crippen molar-refractivity contribution in [2.24, 2.45) is 45.8 Å².